The number of anilines is 1. The van der Waals surface area contributed by atoms with Gasteiger partial charge in [0.25, 0.3) is 5.91 Å². The maximum atomic E-state index is 12.8. The van der Waals surface area contributed by atoms with Gasteiger partial charge in [-0.2, -0.15) is 5.10 Å². The van der Waals surface area contributed by atoms with E-state index in [2.05, 4.69) is 15.4 Å². The van der Waals surface area contributed by atoms with E-state index < -0.39 is 0 Å². The lowest BCUT2D eigenvalue weighted by molar-refractivity contribution is 0.102. The van der Waals surface area contributed by atoms with E-state index in [0.717, 1.165) is 21.7 Å². The number of thiophene rings is 1. The van der Waals surface area contributed by atoms with E-state index in [0.29, 0.717) is 17.2 Å². The predicted molar refractivity (Wildman–Crippen MR) is 110 cm³/mol. The molecule has 7 heteroatoms. The van der Waals surface area contributed by atoms with Crippen molar-refractivity contribution in [2.24, 2.45) is 0 Å². The van der Waals surface area contributed by atoms with Crippen LogP contribution in [0.5, 0.6) is 5.75 Å². The highest BCUT2D eigenvalue weighted by Gasteiger charge is 2.18. The van der Waals surface area contributed by atoms with E-state index in [1.807, 2.05) is 60.7 Å². The first kappa shape index (κ1) is 17.9. The highest BCUT2D eigenvalue weighted by molar-refractivity contribution is 7.17. The zero-order valence-electron chi connectivity index (χ0n) is 15.2. The first-order chi connectivity index (χ1) is 13.7. The minimum absolute atomic E-state index is 0.187. The second kappa shape index (κ2) is 8.06. The highest BCUT2D eigenvalue weighted by Crippen LogP contribution is 2.36. The van der Waals surface area contributed by atoms with Crippen LogP contribution in [0, 0.1) is 0 Å². The molecule has 0 radical (unpaired) electrons. The molecule has 1 amide bonds. The van der Waals surface area contributed by atoms with E-state index in [9.17, 15) is 4.79 Å². The van der Waals surface area contributed by atoms with Crippen LogP contribution in [-0.2, 0) is 6.54 Å². The fourth-order valence-electron chi connectivity index (χ4n) is 2.81. The molecule has 0 aliphatic rings. The number of nitrogens with one attached hydrogen (secondary N) is 1. The van der Waals surface area contributed by atoms with Gasteiger partial charge in [0.05, 0.1) is 13.7 Å². The van der Waals surface area contributed by atoms with Crippen LogP contribution >= 0.6 is 11.3 Å². The van der Waals surface area contributed by atoms with Crippen LogP contribution in [0.1, 0.15) is 15.2 Å². The van der Waals surface area contributed by atoms with Gasteiger partial charge in [0.2, 0.25) is 0 Å². The third-order valence-electron chi connectivity index (χ3n) is 4.21. The van der Waals surface area contributed by atoms with Gasteiger partial charge in [-0.15, -0.1) is 11.3 Å². The molecule has 2 heterocycles. The van der Waals surface area contributed by atoms with E-state index in [1.165, 1.54) is 17.7 Å². The average Bonchev–Trinajstić information content (AvgIpc) is 3.40. The van der Waals surface area contributed by atoms with Crippen LogP contribution in [0.2, 0.25) is 0 Å². The lowest BCUT2D eigenvalue weighted by atomic mass is 10.2. The lowest BCUT2D eigenvalue weighted by Crippen LogP contribution is -2.11. The smallest absolute Gasteiger partial charge is 0.269 e. The summed E-state index contributed by atoms with van der Waals surface area (Å²) in [6.45, 7) is 0.632. The van der Waals surface area contributed by atoms with Gasteiger partial charge < -0.3 is 10.1 Å². The molecule has 0 aliphatic carbocycles. The molecule has 28 heavy (non-hydrogen) atoms. The molecule has 4 aromatic rings. The van der Waals surface area contributed by atoms with E-state index in [-0.39, 0.29) is 5.91 Å². The summed E-state index contributed by atoms with van der Waals surface area (Å²) >= 11 is 1.41. The van der Waals surface area contributed by atoms with E-state index in [4.69, 9.17) is 4.74 Å². The Morgan fingerprint density at radius 1 is 1.14 bits per heavy atom. The summed E-state index contributed by atoms with van der Waals surface area (Å²) in [5, 5.41) is 7.03. The summed E-state index contributed by atoms with van der Waals surface area (Å²) in [6, 6.07) is 19.5. The Bertz CT molecular complexity index is 1060. The molecule has 0 atom stereocenters. The number of benzene rings is 2. The van der Waals surface area contributed by atoms with Gasteiger partial charge >= 0.3 is 0 Å². The minimum Gasteiger partial charge on any atom is -0.495 e. The van der Waals surface area contributed by atoms with Crippen molar-refractivity contribution >= 4 is 22.9 Å². The number of ether oxygens (including phenoxy) is 1. The number of aromatic nitrogens is 3. The normalized spacial score (nSPS) is 10.6. The summed E-state index contributed by atoms with van der Waals surface area (Å²) in [7, 11) is 1.58. The van der Waals surface area contributed by atoms with Crippen molar-refractivity contribution in [2.45, 2.75) is 6.54 Å². The zero-order chi connectivity index (χ0) is 19.3. The summed E-state index contributed by atoms with van der Waals surface area (Å²) in [5.74, 6) is 0.386. The van der Waals surface area contributed by atoms with Crippen molar-refractivity contribution in [1.82, 2.24) is 14.8 Å². The number of carbonyl (C=O) groups excluding carboxylic acids is 1. The number of rotatable bonds is 6. The van der Waals surface area contributed by atoms with Gasteiger partial charge in [0.15, 0.2) is 0 Å². The summed E-state index contributed by atoms with van der Waals surface area (Å²) < 4.78 is 7.16. The molecule has 0 bridgehead atoms. The number of carbonyl (C=O) groups is 1. The van der Waals surface area contributed by atoms with Crippen molar-refractivity contribution in [3.05, 3.63) is 83.8 Å². The summed E-state index contributed by atoms with van der Waals surface area (Å²) in [5.41, 5.74) is 2.86. The second-order valence-electron chi connectivity index (χ2n) is 6.12. The molecule has 0 unspecified atom stereocenters. The predicted octanol–water partition coefficient (Wildman–Crippen LogP) is 4.32. The van der Waals surface area contributed by atoms with Gasteiger partial charge in [0.1, 0.15) is 23.3 Å². The molecule has 0 saturated heterocycles. The van der Waals surface area contributed by atoms with E-state index >= 15 is 0 Å². The van der Waals surface area contributed by atoms with Crippen molar-refractivity contribution in [1.29, 1.82) is 0 Å². The maximum Gasteiger partial charge on any atom is 0.269 e. The number of nitrogens with zero attached hydrogens (tertiary/aromatic N) is 3. The Balaban J connectivity index is 1.49. The number of methoxy groups -OCH3 is 1. The molecule has 0 spiro atoms. The fourth-order valence-corrected chi connectivity index (χ4v) is 3.84. The molecule has 0 fully saturated rings. The molecular weight excluding hydrogens is 372 g/mol. The number of hydrogen-bond donors (Lipinski definition) is 1. The Morgan fingerprint density at radius 2 is 1.93 bits per heavy atom. The van der Waals surface area contributed by atoms with Crippen molar-refractivity contribution in [3.8, 4) is 16.2 Å². The number of hydrogen-bond acceptors (Lipinski definition) is 5. The summed E-state index contributed by atoms with van der Waals surface area (Å²) in [6.07, 6.45) is 3.18. The molecule has 1 N–H and O–H groups in total. The molecular formula is C21H18N4O2S. The molecule has 0 saturated carbocycles. The van der Waals surface area contributed by atoms with Gasteiger partial charge in [-0.1, -0.05) is 42.5 Å². The highest BCUT2D eigenvalue weighted by atomic mass is 32.1. The van der Waals surface area contributed by atoms with Crippen LogP contribution in [0.15, 0.2) is 73.3 Å². The fraction of sp³-hybridized carbons (Fsp3) is 0.0952. The van der Waals surface area contributed by atoms with Gasteiger partial charge in [-0.05, 0) is 29.3 Å². The van der Waals surface area contributed by atoms with Crippen LogP contribution in [0.25, 0.3) is 10.4 Å². The largest absolute Gasteiger partial charge is 0.495 e. The zero-order valence-corrected chi connectivity index (χ0v) is 16.0. The Morgan fingerprint density at radius 3 is 2.61 bits per heavy atom. The SMILES string of the molecule is COc1cc(-c2ccccc2)sc1C(=O)Nc1ccc(Cn2cncn2)cc1. The Labute approximate surface area is 166 Å². The molecule has 140 valence electrons. The first-order valence-electron chi connectivity index (χ1n) is 8.69. The average molecular weight is 390 g/mol. The van der Waals surface area contributed by atoms with Crippen LogP contribution < -0.4 is 10.1 Å². The second-order valence-corrected chi connectivity index (χ2v) is 7.17. The third-order valence-corrected chi connectivity index (χ3v) is 5.37. The molecule has 2 aromatic carbocycles. The molecule has 6 nitrogen and oxygen atoms in total. The van der Waals surface area contributed by atoms with Gasteiger partial charge in [-0.25, -0.2) is 9.67 Å². The first-order valence-corrected chi connectivity index (χ1v) is 9.50. The monoisotopic (exact) mass is 390 g/mol. The Kier molecular flexibility index (Phi) is 5.16. The van der Waals surface area contributed by atoms with Crippen LogP contribution in [-0.4, -0.2) is 27.8 Å². The third kappa shape index (κ3) is 3.94. The lowest BCUT2D eigenvalue weighted by Gasteiger charge is -2.07. The maximum absolute atomic E-state index is 12.8. The Hall–Kier alpha value is -3.45. The van der Waals surface area contributed by atoms with Gasteiger partial charge in [-0.3, -0.25) is 4.79 Å². The molecule has 2 aromatic heterocycles. The van der Waals surface area contributed by atoms with Crippen molar-refractivity contribution < 1.29 is 9.53 Å². The van der Waals surface area contributed by atoms with Crippen molar-refractivity contribution in [2.75, 3.05) is 12.4 Å². The topological polar surface area (TPSA) is 69.0 Å². The quantitative estimate of drug-likeness (QED) is 0.532. The standard InChI is InChI=1S/C21H18N4O2S/c1-27-18-11-19(16-5-3-2-4-6-16)28-20(18)21(26)24-17-9-7-15(8-10-17)12-25-14-22-13-23-25/h2-11,13-14H,12H2,1H3,(H,24,26). The van der Waals surface area contributed by atoms with Crippen LogP contribution in [0.4, 0.5) is 5.69 Å². The minimum atomic E-state index is -0.187. The van der Waals surface area contributed by atoms with E-state index in [1.54, 1.807) is 18.1 Å². The summed E-state index contributed by atoms with van der Waals surface area (Å²) in [4.78, 5) is 18.3. The van der Waals surface area contributed by atoms with Crippen molar-refractivity contribution in [3.63, 3.8) is 0 Å². The van der Waals surface area contributed by atoms with Crippen LogP contribution in [0.3, 0.4) is 0 Å². The van der Waals surface area contributed by atoms with Gasteiger partial charge in [0, 0.05) is 10.6 Å². The molecule has 4 rings (SSSR count). The number of amides is 1. The molecule has 0 aliphatic heterocycles.